The minimum Gasteiger partial charge on any atom is -0.497 e. The number of benzene rings is 2. The van der Waals surface area contributed by atoms with Crippen molar-refractivity contribution in [3.63, 3.8) is 0 Å². The van der Waals surface area contributed by atoms with E-state index in [2.05, 4.69) is 21.2 Å². The second kappa shape index (κ2) is 10.5. The number of hydrogen-bond donors (Lipinski definition) is 1. The van der Waals surface area contributed by atoms with E-state index in [0.29, 0.717) is 13.1 Å². The first-order valence-corrected chi connectivity index (χ1v) is 10.1. The molecule has 0 spiro atoms. The SMILES string of the molecule is COc1ccc(CCNC(=O)CN2CCN(Cc3cccc(Cl)c3)CC2)cc1. The van der Waals surface area contributed by atoms with Crippen LogP contribution in [-0.2, 0) is 17.8 Å². The fourth-order valence-electron chi connectivity index (χ4n) is 3.40. The Hall–Kier alpha value is -2.08. The molecule has 0 radical (unpaired) electrons. The second-order valence-electron chi connectivity index (χ2n) is 7.13. The first kappa shape index (κ1) is 20.6. The third-order valence-corrected chi connectivity index (χ3v) is 5.26. The molecule has 0 saturated carbocycles. The fraction of sp³-hybridized carbons (Fsp3) is 0.409. The van der Waals surface area contributed by atoms with Crippen molar-refractivity contribution in [2.45, 2.75) is 13.0 Å². The molecule has 5 nitrogen and oxygen atoms in total. The van der Waals surface area contributed by atoms with E-state index in [1.165, 1.54) is 11.1 Å². The van der Waals surface area contributed by atoms with Crippen molar-refractivity contribution in [1.82, 2.24) is 15.1 Å². The standard InChI is InChI=1S/C22H28ClN3O2/c1-28-21-7-5-18(6-8-21)9-10-24-22(27)17-26-13-11-25(12-14-26)16-19-3-2-4-20(23)15-19/h2-8,15H,9-14,16-17H2,1H3,(H,24,27). The van der Waals surface area contributed by atoms with Crippen molar-refractivity contribution in [1.29, 1.82) is 0 Å². The molecule has 3 rings (SSSR count). The lowest BCUT2D eigenvalue weighted by molar-refractivity contribution is -0.122. The van der Waals surface area contributed by atoms with Gasteiger partial charge in [0.15, 0.2) is 0 Å². The van der Waals surface area contributed by atoms with E-state index in [1.54, 1.807) is 7.11 Å². The number of ether oxygens (including phenoxy) is 1. The van der Waals surface area contributed by atoms with Gasteiger partial charge in [0.25, 0.3) is 0 Å². The zero-order valence-electron chi connectivity index (χ0n) is 16.4. The van der Waals surface area contributed by atoms with Crippen molar-refractivity contribution in [3.8, 4) is 5.75 Å². The molecular weight excluding hydrogens is 374 g/mol. The van der Waals surface area contributed by atoms with E-state index < -0.39 is 0 Å². The summed E-state index contributed by atoms with van der Waals surface area (Å²) in [5.41, 5.74) is 2.42. The molecule has 0 aliphatic carbocycles. The maximum atomic E-state index is 12.2. The van der Waals surface area contributed by atoms with Gasteiger partial charge in [-0.15, -0.1) is 0 Å². The summed E-state index contributed by atoms with van der Waals surface area (Å²) >= 11 is 6.06. The second-order valence-corrected chi connectivity index (χ2v) is 7.57. The fourth-order valence-corrected chi connectivity index (χ4v) is 3.61. The highest BCUT2D eigenvalue weighted by Gasteiger charge is 2.18. The number of hydrogen-bond acceptors (Lipinski definition) is 4. The van der Waals surface area contributed by atoms with E-state index in [9.17, 15) is 4.79 Å². The molecule has 28 heavy (non-hydrogen) atoms. The number of carbonyl (C=O) groups excluding carboxylic acids is 1. The Morgan fingerprint density at radius 2 is 1.75 bits per heavy atom. The van der Waals surface area contributed by atoms with Gasteiger partial charge in [0.1, 0.15) is 5.75 Å². The summed E-state index contributed by atoms with van der Waals surface area (Å²) in [4.78, 5) is 16.8. The normalized spacial score (nSPS) is 15.4. The summed E-state index contributed by atoms with van der Waals surface area (Å²) in [5.74, 6) is 0.944. The molecule has 0 aromatic heterocycles. The van der Waals surface area contributed by atoms with Crippen LogP contribution in [0, 0.1) is 0 Å². The molecule has 0 atom stereocenters. The summed E-state index contributed by atoms with van der Waals surface area (Å²) < 4.78 is 5.16. The Morgan fingerprint density at radius 3 is 2.43 bits per heavy atom. The minimum absolute atomic E-state index is 0.0943. The molecule has 1 aliphatic heterocycles. The maximum Gasteiger partial charge on any atom is 0.234 e. The largest absolute Gasteiger partial charge is 0.497 e. The van der Waals surface area contributed by atoms with Crippen LogP contribution in [0.2, 0.25) is 5.02 Å². The van der Waals surface area contributed by atoms with Crippen LogP contribution < -0.4 is 10.1 Å². The summed E-state index contributed by atoms with van der Waals surface area (Å²) in [6.07, 6.45) is 0.823. The highest BCUT2D eigenvalue weighted by molar-refractivity contribution is 6.30. The summed E-state index contributed by atoms with van der Waals surface area (Å²) in [6, 6.07) is 16.0. The van der Waals surface area contributed by atoms with Crippen molar-refractivity contribution in [2.24, 2.45) is 0 Å². The van der Waals surface area contributed by atoms with Crippen LogP contribution in [0.1, 0.15) is 11.1 Å². The molecule has 2 aromatic carbocycles. The van der Waals surface area contributed by atoms with Gasteiger partial charge in [0.05, 0.1) is 13.7 Å². The quantitative estimate of drug-likeness (QED) is 0.738. The first-order valence-electron chi connectivity index (χ1n) is 9.71. The average molecular weight is 402 g/mol. The molecule has 1 aliphatic rings. The van der Waals surface area contributed by atoms with E-state index in [1.807, 2.05) is 42.5 Å². The molecule has 150 valence electrons. The Kier molecular flexibility index (Phi) is 7.71. The number of nitrogens with zero attached hydrogens (tertiary/aromatic N) is 2. The summed E-state index contributed by atoms with van der Waals surface area (Å²) in [6.45, 7) is 5.77. The van der Waals surface area contributed by atoms with Gasteiger partial charge < -0.3 is 10.1 Å². The predicted octanol–water partition coefficient (Wildman–Crippen LogP) is 2.83. The van der Waals surface area contributed by atoms with Crippen molar-refractivity contribution >= 4 is 17.5 Å². The van der Waals surface area contributed by atoms with E-state index in [-0.39, 0.29) is 5.91 Å². The highest BCUT2D eigenvalue weighted by atomic mass is 35.5. The third-order valence-electron chi connectivity index (χ3n) is 5.02. The van der Waals surface area contributed by atoms with Crippen molar-refractivity contribution < 1.29 is 9.53 Å². The lowest BCUT2D eigenvalue weighted by Crippen LogP contribution is -2.49. The van der Waals surface area contributed by atoms with Crippen molar-refractivity contribution in [2.75, 3.05) is 46.4 Å². The molecule has 2 aromatic rings. The van der Waals surface area contributed by atoms with E-state index >= 15 is 0 Å². The molecular formula is C22H28ClN3O2. The molecule has 1 amide bonds. The maximum absolute atomic E-state index is 12.2. The zero-order chi connectivity index (χ0) is 19.8. The number of halogens is 1. The lowest BCUT2D eigenvalue weighted by Gasteiger charge is -2.34. The summed E-state index contributed by atoms with van der Waals surface area (Å²) in [7, 11) is 1.66. The Bertz CT molecular complexity index is 759. The van der Waals surface area contributed by atoms with Crippen LogP contribution in [0.15, 0.2) is 48.5 Å². The van der Waals surface area contributed by atoms with Gasteiger partial charge in [-0.05, 0) is 41.8 Å². The van der Waals surface area contributed by atoms with Crippen LogP contribution in [0.3, 0.4) is 0 Å². The number of piperazine rings is 1. The van der Waals surface area contributed by atoms with Crippen LogP contribution in [0.25, 0.3) is 0 Å². The number of nitrogens with one attached hydrogen (secondary N) is 1. The zero-order valence-corrected chi connectivity index (χ0v) is 17.1. The number of amides is 1. The molecule has 6 heteroatoms. The van der Waals surface area contributed by atoms with Gasteiger partial charge in [-0.25, -0.2) is 0 Å². The monoisotopic (exact) mass is 401 g/mol. The highest BCUT2D eigenvalue weighted by Crippen LogP contribution is 2.14. The van der Waals surface area contributed by atoms with Gasteiger partial charge in [-0.2, -0.15) is 0 Å². The van der Waals surface area contributed by atoms with Gasteiger partial charge in [0, 0.05) is 44.3 Å². The number of carbonyl (C=O) groups is 1. The minimum atomic E-state index is 0.0943. The summed E-state index contributed by atoms with van der Waals surface area (Å²) in [5, 5.41) is 3.80. The number of rotatable bonds is 8. The number of methoxy groups -OCH3 is 1. The molecule has 0 unspecified atom stereocenters. The average Bonchev–Trinajstić information content (AvgIpc) is 2.70. The smallest absolute Gasteiger partial charge is 0.234 e. The molecule has 0 bridgehead atoms. The van der Waals surface area contributed by atoms with E-state index in [0.717, 1.165) is 49.9 Å². The Balaban J connectivity index is 1.33. The first-order chi connectivity index (χ1) is 13.6. The topological polar surface area (TPSA) is 44.8 Å². The van der Waals surface area contributed by atoms with Gasteiger partial charge >= 0.3 is 0 Å². The Morgan fingerprint density at radius 1 is 1.04 bits per heavy atom. The van der Waals surface area contributed by atoms with Gasteiger partial charge in [-0.3, -0.25) is 14.6 Å². The molecule has 1 saturated heterocycles. The van der Waals surface area contributed by atoms with Crippen LogP contribution in [0.4, 0.5) is 0 Å². The van der Waals surface area contributed by atoms with Crippen LogP contribution in [-0.4, -0.2) is 62.1 Å². The molecule has 1 fully saturated rings. The van der Waals surface area contributed by atoms with Gasteiger partial charge in [0.2, 0.25) is 5.91 Å². The van der Waals surface area contributed by atoms with Crippen LogP contribution in [0.5, 0.6) is 5.75 Å². The van der Waals surface area contributed by atoms with Crippen molar-refractivity contribution in [3.05, 3.63) is 64.7 Å². The van der Waals surface area contributed by atoms with Crippen LogP contribution >= 0.6 is 11.6 Å². The predicted molar refractivity (Wildman–Crippen MR) is 113 cm³/mol. The molecule has 1 N–H and O–H groups in total. The van der Waals surface area contributed by atoms with Gasteiger partial charge in [-0.1, -0.05) is 35.9 Å². The molecule has 1 heterocycles. The third kappa shape index (κ3) is 6.51. The Labute approximate surface area is 172 Å². The lowest BCUT2D eigenvalue weighted by atomic mass is 10.1. The van der Waals surface area contributed by atoms with E-state index in [4.69, 9.17) is 16.3 Å².